The first-order valence-electron chi connectivity index (χ1n) is 7.24. The summed E-state index contributed by atoms with van der Waals surface area (Å²) in [6.07, 6.45) is 1.86. The standard InChI is InChI=1S/C16H21N3O3/c1-10-14(16(20)21-4)7-8-15(18-10)17-9-5-6-13-11(2)19-22-12(13)3/h7-8H,5-6,9H2,1-4H3,(H,17,18). The lowest BCUT2D eigenvalue weighted by Crippen LogP contribution is -2.09. The number of nitrogens with one attached hydrogen (secondary N) is 1. The highest BCUT2D eigenvalue weighted by molar-refractivity contribution is 5.90. The summed E-state index contributed by atoms with van der Waals surface area (Å²) in [7, 11) is 1.36. The highest BCUT2D eigenvalue weighted by Crippen LogP contribution is 2.15. The minimum absolute atomic E-state index is 0.366. The number of rotatable bonds is 6. The van der Waals surface area contributed by atoms with Gasteiger partial charge in [-0.1, -0.05) is 5.16 Å². The number of nitrogens with zero attached hydrogens (tertiary/aromatic N) is 2. The monoisotopic (exact) mass is 303 g/mol. The largest absolute Gasteiger partial charge is 0.465 e. The molecule has 0 aromatic carbocycles. The molecule has 6 nitrogen and oxygen atoms in total. The fourth-order valence-electron chi connectivity index (χ4n) is 2.33. The maximum Gasteiger partial charge on any atom is 0.339 e. The molecule has 0 atom stereocenters. The van der Waals surface area contributed by atoms with Crippen molar-refractivity contribution < 1.29 is 14.1 Å². The van der Waals surface area contributed by atoms with Crippen molar-refractivity contribution in [1.82, 2.24) is 10.1 Å². The van der Waals surface area contributed by atoms with E-state index in [1.54, 1.807) is 19.1 Å². The smallest absolute Gasteiger partial charge is 0.339 e. The van der Waals surface area contributed by atoms with E-state index in [4.69, 9.17) is 9.26 Å². The van der Waals surface area contributed by atoms with E-state index in [0.29, 0.717) is 11.3 Å². The number of aryl methyl sites for hydroxylation is 3. The molecule has 22 heavy (non-hydrogen) atoms. The fourth-order valence-corrected chi connectivity index (χ4v) is 2.33. The Labute approximate surface area is 129 Å². The second kappa shape index (κ2) is 7.06. The molecule has 2 heterocycles. The zero-order valence-electron chi connectivity index (χ0n) is 13.4. The lowest BCUT2D eigenvalue weighted by atomic mass is 10.1. The van der Waals surface area contributed by atoms with Gasteiger partial charge in [-0.25, -0.2) is 9.78 Å². The third kappa shape index (κ3) is 3.63. The summed E-state index contributed by atoms with van der Waals surface area (Å²) in [6.45, 7) is 6.46. The van der Waals surface area contributed by atoms with E-state index in [-0.39, 0.29) is 5.97 Å². The molecular weight excluding hydrogens is 282 g/mol. The molecule has 0 saturated heterocycles. The quantitative estimate of drug-likeness (QED) is 0.653. The average molecular weight is 303 g/mol. The van der Waals surface area contributed by atoms with E-state index in [0.717, 1.165) is 36.7 Å². The molecule has 2 aromatic rings. The van der Waals surface area contributed by atoms with Crippen LogP contribution in [0.2, 0.25) is 0 Å². The van der Waals surface area contributed by atoms with Gasteiger partial charge in [0.1, 0.15) is 11.6 Å². The van der Waals surface area contributed by atoms with E-state index in [9.17, 15) is 4.79 Å². The van der Waals surface area contributed by atoms with Gasteiger partial charge >= 0.3 is 5.97 Å². The lowest BCUT2D eigenvalue weighted by Gasteiger charge is -2.08. The van der Waals surface area contributed by atoms with Crippen molar-refractivity contribution >= 4 is 11.8 Å². The molecule has 1 N–H and O–H groups in total. The van der Waals surface area contributed by atoms with Crippen LogP contribution in [0.25, 0.3) is 0 Å². The molecule has 0 bridgehead atoms. The number of hydrogen-bond donors (Lipinski definition) is 1. The predicted molar refractivity (Wildman–Crippen MR) is 83.1 cm³/mol. The maximum atomic E-state index is 11.5. The van der Waals surface area contributed by atoms with Gasteiger partial charge in [-0.2, -0.15) is 0 Å². The summed E-state index contributed by atoms with van der Waals surface area (Å²) in [5.41, 5.74) is 3.27. The van der Waals surface area contributed by atoms with Crippen molar-refractivity contribution in [2.75, 3.05) is 19.0 Å². The van der Waals surface area contributed by atoms with Crippen molar-refractivity contribution in [1.29, 1.82) is 0 Å². The van der Waals surface area contributed by atoms with Crippen LogP contribution in [0, 0.1) is 20.8 Å². The summed E-state index contributed by atoms with van der Waals surface area (Å²) in [5.74, 6) is 1.27. The van der Waals surface area contributed by atoms with Crippen molar-refractivity contribution in [2.24, 2.45) is 0 Å². The zero-order valence-corrected chi connectivity index (χ0v) is 13.4. The number of esters is 1. The Kier molecular flexibility index (Phi) is 5.14. The van der Waals surface area contributed by atoms with Crippen LogP contribution in [-0.4, -0.2) is 29.8 Å². The molecule has 0 radical (unpaired) electrons. The number of pyridine rings is 1. The van der Waals surface area contributed by atoms with Crippen LogP contribution in [0.3, 0.4) is 0 Å². The van der Waals surface area contributed by atoms with Gasteiger partial charge in [-0.15, -0.1) is 0 Å². The van der Waals surface area contributed by atoms with Crippen molar-refractivity contribution in [3.05, 3.63) is 40.4 Å². The number of carbonyl (C=O) groups is 1. The number of carbonyl (C=O) groups excluding carboxylic acids is 1. The van der Waals surface area contributed by atoms with Crippen LogP contribution in [-0.2, 0) is 11.2 Å². The molecule has 6 heteroatoms. The predicted octanol–water partition coefficient (Wildman–Crippen LogP) is 2.83. The summed E-state index contributed by atoms with van der Waals surface area (Å²) >= 11 is 0. The van der Waals surface area contributed by atoms with Crippen LogP contribution in [0.4, 0.5) is 5.82 Å². The van der Waals surface area contributed by atoms with Crippen LogP contribution < -0.4 is 5.32 Å². The minimum Gasteiger partial charge on any atom is -0.465 e. The second-order valence-electron chi connectivity index (χ2n) is 5.15. The molecule has 0 saturated carbocycles. The van der Waals surface area contributed by atoms with Gasteiger partial charge in [-0.05, 0) is 45.7 Å². The molecule has 0 spiro atoms. The highest BCUT2D eigenvalue weighted by atomic mass is 16.5. The van der Waals surface area contributed by atoms with E-state index in [1.807, 2.05) is 13.8 Å². The molecule has 0 fully saturated rings. The first-order valence-corrected chi connectivity index (χ1v) is 7.24. The number of ether oxygens (including phenoxy) is 1. The van der Waals surface area contributed by atoms with Crippen LogP contribution in [0.1, 0.15) is 39.5 Å². The van der Waals surface area contributed by atoms with Gasteiger partial charge in [0.2, 0.25) is 0 Å². The molecule has 0 amide bonds. The number of methoxy groups -OCH3 is 1. The van der Waals surface area contributed by atoms with E-state index >= 15 is 0 Å². The van der Waals surface area contributed by atoms with E-state index in [2.05, 4.69) is 15.5 Å². The average Bonchev–Trinajstić information content (AvgIpc) is 2.82. The number of aromatic nitrogens is 2. The topological polar surface area (TPSA) is 77.2 Å². The van der Waals surface area contributed by atoms with Crippen LogP contribution >= 0.6 is 0 Å². The molecule has 2 rings (SSSR count). The Morgan fingerprint density at radius 3 is 2.64 bits per heavy atom. The van der Waals surface area contributed by atoms with Crippen LogP contribution in [0.15, 0.2) is 16.7 Å². The molecule has 0 aliphatic heterocycles. The normalized spacial score (nSPS) is 10.5. The minimum atomic E-state index is -0.366. The Morgan fingerprint density at radius 2 is 2.05 bits per heavy atom. The second-order valence-corrected chi connectivity index (χ2v) is 5.15. The Morgan fingerprint density at radius 1 is 1.27 bits per heavy atom. The molecular formula is C16H21N3O3. The lowest BCUT2D eigenvalue weighted by molar-refractivity contribution is 0.0599. The highest BCUT2D eigenvalue weighted by Gasteiger charge is 2.11. The molecule has 0 aliphatic rings. The summed E-state index contributed by atoms with van der Waals surface area (Å²) in [4.78, 5) is 15.9. The SMILES string of the molecule is COC(=O)c1ccc(NCCCc2c(C)noc2C)nc1C. The first-order chi connectivity index (χ1) is 10.5. The summed E-state index contributed by atoms with van der Waals surface area (Å²) < 4.78 is 9.85. The van der Waals surface area contributed by atoms with Crippen molar-refractivity contribution in [3.63, 3.8) is 0 Å². The molecule has 118 valence electrons. The molecule has 0 unspecified atom stereocenters. The Bertz CT molecular complexity index is 645. The number of hydrogen-bond acceptors (Lipinski definition) is 6. The Balaban J connectivity index is 1.87. The fraction of sp³-hybridized carbons (Fsp3) is 0.438. The van der Waals surface area contributed by atoms with Gasteiger partial charge in [0.15, 0.2) is 0 Å². The third-order valence-electron chi connectivity index (χ3n) is 3.58. The third-order valence-corrected chi connectivity index (χ3v) is 3.58. The summed E-state index contributed by atoms with van der Waals surface area (Å²) in [6, 6.07) is 3.51. The summed E-state index contributed by atoms with van der Waals surface area (Å²) in [5, 5.41) is 7.20. The van der Waals surface area contributed by atoms with Crippen LogP contribution in [0.5, 0.6) is 0 Å². The van der Waals surface area contributed by atoms with Gasteiger partial charge in [-0.3, -0.25) is 0 Å². The zero-order chi connectivity index (χ0) is 16.1. The van der Waals surface area contributed by atoms with Gasteiger partial charge < -0.3 is 14.6 Å². The van der Waals surface area contributed by atoms with Gasteiger partial charge in [0.05, 0.1) is 24.1 Å². The van der Waals surface area contributed by atoms with E-state index < -0.39 is 0 Å². The maximum absolute atomic E-state index is 11.5. The van der Waals surface area contributed by atoms with Gasteiger partial charge in [0.25, 0.3) is 0 Å². The van der Waals surface area contributed by atoms with Crippen molar-refractivity contribution in [2.45, 2.75) is 33.6 Å². The molecule has 2 aromatic heterocycles. The van der Waals surface area contributed by atoms with E-state index in [1.165, 1.54) is 12.7 Å². The number of anilines is 1. The first kappa shape index (κ1) is 16.0. The Hall–Kier alpha value is -2.37. The van der Waals surface area contributed by atoms with Gasteiger partial charge in [0, 0.05) is 12.1 Å². The molecule has 0 aliphatic carbocycles. The van der Waals surface area contributed by atoms with Crippen molar-refractivity contribution in [3.8, 4) is 0 Å².